The Balaban J connectivity index is 2.45. The van der Waals surface area contributed by atoms with Gasteiger partial charge in [0, 0.05) is 30.7 Å². The number of halogens is 1. The Kier molecular flexibility index (Phi) is 3.53. The number of hydrogen-bond acceptors (Lipinski definition) is 3. The van der Waals surface area contributed by atoms with Gasteiger partial charge in [0.1, 0.15) is 5.75 Å². The second-order valence-corrected chi connectivity index (χ2v) is 6.12. The molecule has 5 heteroatoms. The summed E-state index contributed by atoms with van der Waals surface area (Å²) in [5.41, 5.74) is 2.70. The van der Waals surface area contributed by atoms with Gasteiger partial charge in [-0.15, -0.1) is 0 Å². The Labute approximate surface area is 135 Å². The molecule has 0 saturated carbocycles. The van der Waals surface area contributed by atoms with Crippen molar-refractivity contribution in [3.8, 4) is 5.75 Å². The average Bonchev–Trinajstić information content (AvgIpc) is 2.72. The van der Waals surface area contributed by atoms with Crippen LogP contribution in [0.25, 0.3) is 21.8 Å². The Hall–Kier alpha value is -2.14. The van der Waals surface area contributed by atoms with Crippen molar-refractivity contribution >= 4 is 49.6 Å². The normalized spacial score (nSPS) is 11.1. The zero-order valence-electron chi connectivity index (χ0n) is 12.4. The molecule has 0 aliphatic heterocycles. The van der Waals surface area contributed by atoms with Crippen molar-refractivity contribution in [3.05, 3.63) is 40.4 Å². The van der Waals surface area contributed by atoms with Crippen molar-refractivity contribution in [3.63, 3.8) is 0 Å². The van der Waals surface area contributed by atoms with Crippen LogP contribution in [0.15, 0.2) is 34.8 Å². The first-order valence-corrected chi connectivity index (χ1v) is 7.61. The summed E-state index contributed by atoms with van der Waals surface area (Å²) in [6.07, 6.45) is 0. The van der Waals surface area contributed by atoms with Gasteiger partial charge in [0.05, 0.1) is 15.5 Å². The number of carbonyl (C=O) groups is 2. The van der Waals surface area contributed by atoms with Crippen molar-refractivity contribution < 1.29 is 14.3 Å². The standard InChI is InChI=1S/C17H14BrNO3/c1-9-4-5-15-12(6-9)13-7-14(18)17(22-11(3)21)8-16(13)19(15)10(2)20/h4-8H,1-3H3. The van der Waals surface area contributed by atoms with Crippen molar-refractivity contribution in [1.29, 1.82) is 0 Å². The molecule has 112 valence electrons. The summed E-state index contributed by atoms with van der Waals surface area (Å²) in [6, 6.07) is 9.57. The summed E-state index contributed by atoms with van der Waals surface area (Å²) in [7, 11) is 0. The van der Waals surface area contributed by atoms with Gasteiger partial charge in [-0.25, -0.2) is 0 Å². The van der Waals surface area contributed by atoms with E-state index < -0.39 is 5.97 Å². The number of hydrogen-bond donors (Lipinski definition) is 0. The number of ether oxygens (including phenoxy) is 1. The monoisotopic (exact) mass is 359 g/mol. The maximum absolute atomic E-state index is 12.1. The lowest BCUT2D eigenvalue weighted by molar-refractivity contribution is -0.131. The smallest absolute Gasteiger partial charge is 0.308 e. The van der Waals surface area contributed by atoms with E-state index in [-0.39, 0.29) is 5.91 Å². The second-order valence-electron chi connectivity index (χ2n) is 5.27. The van der Waals surface area contributed by atoms with Gasteiger partial charge in [0.25, 0.3) is 0 Å². The molecule has 0 aliphatic carbocycles. The van der Waals surface area contributed by atoms with Gasteiger partial charge in [-0.1, -0.05) is 11.6 Å². The molecule has 2 aromatic carbocycles. The summed E-state index contributed by atoms with van der Waals surface area (Å²) >= 11 is 3.43. The van der Waals surface area contributed by atoms with Crippen LogP contribution in [0.3, 0.4) is 0 Å². The van der Waals surface area contributed by atoms with Gasteiger partial charge in [-0.3, -0.25) is 14.2 Å². The predicted molar refractivity (Wildman–Crippen MR) is 89.5 cm³/mol. The topological polar surface area (TPSA) is 48.3 Å². The number of aromatic nitrogens is 1. The van der Waals surface area contributed by atoms with Crippen molar-refractivity contribution in [2.75, 3.05) is 0 Å². The van der Waals surface area contributed by atoms with Gasteiger partial charge in [-0.2, -0.15) is 0 Å². The van der Waals surface area contributed by atoms with Gasteiger partial charge in [-0.05, 0) is 41.1 Å². The minimum absolute atomic E-state index is 0.0834. The highest BCUT2D eigenvalue weighted by atomic mass is 79.9. The fourth-order valence-electron chi connectivity index (χ4n) is 2.71. The summed E-state index contributed by atoms with van der Waals surface area (Å²) in [5, 5.41) is 1.94. The lowest BCUT2D eigenvalue weighted by Crippen LogP contribution is -2.06. The number of nitrogens with zero attached hydrogens (tertiary/aromatic N) is 1. The van der Waals surface area contributed by atoms with E-state index >= 15 is 0 Å². The maximum atomic E-state index is 12.1. The SMILES string of the molecule is CC(=O)Oc1cc2c(cc1Br)c1cc(C)ccc1n2C(C)=O. The van der Waals surface area contributed by atoms with E-state index in [0.29, 0.717) is 10.2 Å². The van der Waals surface area contributed by atoms with E-state index in [9.17, 15) is 9.59 Å². The van der Waals surface area contributed by atoms with Crippen molar-refractivity contribution in [2.24, 2.45) is 0 Å². The first-order valence-electron chi connectivity index (χ1n) is 6.82. The minimum atomic E-state index is -0.401. The van der Waals surface area contributed by atoms with Crippen LogP contribution in [-0.4, -0.2) is 16.4 Å². The molecule has 1 heterocycles. The number of benzene rings is 2. The van der Waals surface area contributed by atoms with Gasteiger partial charge >= 0.3 is 5.97 Å². The molecular formula is C17H14BrNO3. The number of aryl methyl sites for hydroxylation is 1. The molecule has 22 heavy (non-hydrogen) atoms. The third kappa shape index (κ3) is 2.31. The Morgan fingerprint density at radius 3 is 2.36 bits per heavy atom. The van der Waals surface area contributed by atoms with Crippen LogP contribution < -0.4 is 4.74 Å². The lowest BCUT2D eigenvalue weighted by Gasteiger charge is -2.06. The largest absolute Gasteiger partial charge is 0.425 e. The zero-order valence-corrected chi connectivity index (χ0v) is 14.0. The quantitative estimate of drug-likeness (QED) is 0.476. The second kappa shape index (κ2) is 5.25. The van der Waals surface area contributed by atoms with Crippen LogP contribution in [0.1, 0.15) is 24.2 Å². The molecule has 4 nitrogen and oxygen atoms in total. The lowest BCUT2D eigenvalue weighted by atomic mass is 10.1. The molecule has 0 unspecified atom stereocenters. The molecule has 0 N–H and O–H groups in total. The van der Waals surface area contributed by atoms with Crippen LogP contribution in [0.2, 0.25) is 0 Å². The molecular weight excluding hydrogens is 346 g/mol. The number of fused-ring (bicyclic) bond motifs is 3. The predicted octanol–water partition coefficient (Wildman–Crippen LogP) is 4.45. The maximum Gasteiger partial charge on any atom is 0.308 e. The fraction of sp³-hybridized carbons (Fsp3) is 0.176. The van der Waals surface area contributed by atoms with Crippen LogP contribution in [0.5, 0.6) is 5.75 Å². The molecule has 3 rings (SSSR count). The third-order valence-electron chi connectivity index (χ3n) is 3.54. The van der Waals surface area contributed by atoms with Gasteiger partial charge in [0.2, 0.25) is 5.91 Å². The van der Waals surface area contributed by atoms with Crippen LogP contribution in [-0.2, 0) is 4.79 Å². The van der Waals surface area contributed by atoms with E-state index in [4.69, 9.17) is 4.74 Å². The molecule has 3 aromatic rings. The molecule has 0 aliphatic rings. The van der Waals surface area contributed by atoms with E-state index in [0.717, 1.165) is 27.4 Å². The number of carbonyl (C=O) groups excluding carboxylic acids is 2. The number of esters is 1. The molecule has 0 bridgehead atoms. The molecule has 0 saturated heterocycles. The summed E-state index contributed by atoms with van der Waals surface area (Å²) in [5.74, 6) is -0.0802. The van der Waals surface area contributed by atoms with Crippen molar-refractivity contribution in [1.82, 2.24) is 4.57 Å². The summed E-state index contributed by atoms with van der Waals surface area (Å²) in [6.45, 7) is 4.88. The first kappa shape index (κ1) is 14.8. The van der Waals surface area contributed by atoms with Crippen LogP contribution >= 0.6 is 15.9 Å². The minimum Gasteiger partial charge on any atom is -0.425 e. The van der Waals surface area contributed by atoms with Crippen molar-refractivity contribution in [2.45, 2.75) is 20.8 Å². The molecule has 0 atom stereocenters. The Morgan fingerprint density at radius 2 is 1.73 bits per heavy atom. The summed E-state index contributed by atoms with van der Waals surface area (Å²) < 4.78 is 7.52. The molecule has 0 radical (unpaired) electrons. The van der Waals surface area contributed by atoms with Crippen LogP contribution in [0, 0.1) is 6.92 Å². The molecule has 0 spiro atoms. The highest BCUT2D eigenvalue weighted by Crippen LogP contribution is 2.36. The highest BCUT2D eigenvalue weighted by molar-refractivity contribution is 9.10. The number of rotatable bonds is 1. The van der Waals surface area contributed by atoms with E-state index in [2.05, 4.69) is 22.0 Å². The van der Waals surface area contributed by atoms with Crippen LogP contribution in [0.4, 0.5) is 0 Å². The first-order chi connectivity index (χ1) is 10.4. The molecule has 1 aromatic heterocycles. The van der Waals surface area contributed by atoms with E-state index in [1.165, 1.54) is 13.8 Å². The van der Waals surface area contributed by atoms with Gasteiger partial charge < -0.3 is 4.74 Å². The highest BCUT2D eigenvalue weighted by Gasteiger charge is 2.17. The third-order valence-corrected chi connectivity index (χ3v) is 4.16. The Bertz CT molecular complexity index is 940. The Morgan fingerprint density at radius 1 is 1.05 bits per heavy atom. The zero-order chi connectivity index (χ0) is 16.0. The molecule has 0 fully saturated rings. The fourth-order valence-corrected chi connectivity index (χ4v) is 3.13. The average molecular weight is 360 g/mol. The molecule has 0 amide bonds. The summed E-state index contributed by atoms with van der Waals surface area (Å²) in [4.78, 5) is 23.3. The van der Waals surface area contributed by atoms with E-state index in [1.54, 1.807) is 10.6 Å². The van der Waals surface area contributed by atoms with Gasteiger partial charge in [0.15, 0.2) is 0 Å². The van der Waals surface area contributed by atoms with E-state index in [1.807, 2.05) is 25.1 Å².